The quantitative estimate of drug-likeness (QED) is 0.789. The van der Waals surface area contributed by atoms with Gasteiger partial charge in [-0.05, 0) is 58.7 Å². The Kier molecular flexibility index (Phi) is 3.89. The number of rotatable bonds is 2. The highest BCUT2D eigenvalue weighted by molar-refractivity contribution is 6.31. The van der Waals surface area contributed by atoms with E-state index in [-0.39, 0.29) is 23.0 Å². The van der Waals surface area contributed by atoms with Crippen LogP contribution in [-0.4, -0.2) is 33.2 Å². The Hall–Kier alpha value is -1.59. The van der Waals surface area contributed by atoms with E-state index in [9.17, 15) is 4.79 Å². The molecule has 1 aliphatic heterocycles. The lowest BCUT2D eigenvalue weighted by Crippen LogP contribution is -2.62. The molecule has 2 aromatic rings. The van der Waals surface area contributed by atoms with Crippen molar-refractivity contribution in [1.29, 1.82) is 0 Å². The number of aromatic amines is 1. The Morgan fingerprint density at radius 2 is 1.91 bits per heavy atom. The number of benzene rings is 1. The first-order valence-corrected chi connectivity index (χ1v) is 8.27. The molecule has 6 heteroatoms. The molecule has 0 unspecified atom stereocenters. The molecule has 1 aromatic carbocycles. The molecule has 2 heterocycles. The summed E-state index contributed by atoms with van der Waals surface area (Å²) in [7, 11) is 0. The first kappa shape index (κ1) is 16.3. The smallest absolute Gasteiger partial charge is 0.272 e. The van der Waals surface area contributed by atoms with Gasteiger partial charge in [0.25, 0.3) is 5.91 Å². The molecule has 1 aromatic heterocycles. The van der Waals surface area contributed by atoms with Crippen LogP contribution in [-0.2, 0) is 0 Å². The number of H-pyrrole nitrogens is 1. The van der Waals surface area contributed by atoms with Crippen molar-refractivity contribution in [2.24, 2.45) is 0 Å². The Balaban J connectivity index is 1.82. The number of hydrogen-bond acceptors (Lipinski definition) is 3. The normalized spacial score (nSPS) is 20.6. The highest BCUT2D eigenvalue weighted by Gasteiger charge is 2.38. The molecule has 0 bridgehead atoms. The van der Waals surface area contributed by atoms with Gasteiger partial charge in [0, 0.05) is 27.5 Å². The summed E-state index contributed by atoms with van der Waals surface area (Å²) >= 11 is 6.04. The summed E-state index contributed by atoms with van der Waals surface area (Å²) in [6, 6.07) is 5.49. The summed E-state index contributed by atoms with van der Waals surface area (Å²) in [4.78, 5) is 12.7. The molecular weight excluding hydrogens is 312 g/mol. The van der Waals surface area contributed by atoms with Crippen LogP contribution in [0, 0.1) is 0 Å². The van der Waals surface area contributed by atoms with Crippen LogP contribution >= 0.6 is 11.6 Å². The molecule has 0 radical (unpaired) electrons. The van der Waals surface area contributed by atoms with Crippen molar-refractivity contribution in [3.63, 3.8) is 0 Å². The zero-order valence-corrected chi connectivity index (χ0v) is 14.7. The predicted octanol–water partition coefficient (Wildman–Crippen LogP) is 3.26. The molecule has 0 saturated carbocycles. The summed E-state index contributed by atoms with van der Waals surface area (Å²) in [5.74, 6) is -0.156. The molecule has 0 spiro atoms. The number of carbonyl (C=O) groups excluding carboxylic acids is 1. The SMILES string of the molecule is CC1(C)CC(NC(=O)c2n[nH]c3ccc(Cl)cc23)CC(C)(C)N1. The van der Waals surface area contributed by atoms with E-state index in [2.05, 4.69) is 48.5 Å². The second kappa shape index (κ2) is 5.49. The zero-order chi connectivity index (χ0) is 16.8. The number of hydrogen-bond donors (Lipinski definition) is 3. The maximum Gasteiger partial charge on any atom is 0.272 e. The highest BCUT2D eigenvalue weighted by Crippen LogP contribution is 2.29. The molecule has 5 nitrogen and oxygen atoms in total. The molecule has 1 saturated heterocycles. The fraction of sp³-hybridized carbons (Fsp3) is 0.529. The van der Waals surface area contributed by atoms with Gasteiger partial charge in [-0.3, -0.25) is 9.89 Å². The minimum Gasteiger partial charge on any atom is -0.348 e. The van der Waals surface area contributed by atoms with Gasteiger partial charge in [-0.2, -0.15) is 5.10 Å². The van der Waals surface area contributed by atoms with Crippen molar-refractivity contribution in [1.82, 2.24) is 20.8 Å². The maximum atomic E-state index is 12.7. The number of halogens is 1. The average molecular weight is 335 g/mol. The van der Waals surface area contributed by atoms with E-state index in [1.165, 1.54) is 0 Å². The van der Waals surface area contributed by atoms with E-state index in [1.807, 2.05) is 6.07 Å². The third-order valence-electron chi connectivity index (χ3n) is 4.27. The van der Waals surface area contributed by atoms with Crippen LogP contribution in [0.5, 0.6) is 0 Å². The van der Waals surface area contributed by atoms with E-state index in [0.29, 0.717) is 10.7 Å². The van der Waals surface area contributed by atoms with Crippen molar-refractivity contribution in [3.05, 3.63) is 28.9 Å². The molecular formula is C17H23ClN4O. The summed E-state index contributed by atoms with van der Waals surface area (Å²) in [5.41, 5.74) is 1.18. The van der Waals surface area contributed by atoms with Crippen LogP contribution in [0.25, 0.3) is 10.9 Å². The average Bonchev–Trinajstić information content (AvgIpc) is 2.77. The van der Waals surface area contributed by atoms with E-state index in [0.717, 1.165) is 23.7 Å². The fourth-order valence-electron chi connectivity index (χ4n) is 3.84. The Labute approximate surface area is 141 Å². The molecule has 124 valence electrons. The summed E-state index contributed by atoms with van der Waals surface area (Å²) in [6.45, 7) is 8.65. The molecule has 3 N–H and O–H groups in total. The number of nitrogens with zero attached hydrogens (tertiary/aromatic N) is 1. The van der Waals surface area contributed by atoms with Gasteiger partial charge < -0.3 is 10.6 Å². The molecule has 0 atom stereocenters. The number of amides is 1. The lowest BCUT2D eigenvalue weighted by atomic mass is 9.79. The van der Waals surface area contributed by atoms with E-state index in [4.69, 9.17) is 11.6 Å². The minimum absolute atomic E-state index is 0.0172. The Bertz CT molecular complexity index is 734. The second-order valence-electron chi connectivity index (χ2n) is 7.73. The van der Waals surface area contributed by atoms with Gasteiger partial charge >= 0.3 is 0 Å². The number of aromatic nitrogens is 2. The van der Waals surface area contributed by atoms with Crippen LogP contribution in [0.1, 0.15) is 51.0 Å². The Morgan fingerprint density at radius 3 is 2.57 bits per heavy atom. The Morgan fingerprint density at radius 1 is 1.26 bits per heavy atom. The van der Waals surface area contributed by atoms with Gasteiger partial charge in [0.2, 0.25) is 0 Å². The largest absolute Gasteiger partial charge is 0.348 e. The number of fused-ring (bicyclic) bond motifs is 1. The molecule has 1 aliphatic rings. The predicted molar refractivity (Wildman–Crippen MR) is 92.9 cm³/mol. The number of piperidine rings is 1. The first-order chi connectivity index (χ1) is 10.7. The third-order valence-corrected chi connectivity index (χ3v) is 4.50. The summed E-state index contributed by atoms with van der Waals surface area (Å²) in [6.07, 6.45) is 1.76. The minimum atomic E-state index is -0.156. The van der Waals surface area contributed by atoms with Crippen LogP contribution in [0.4, 0.5) is 0 Å². The van der Waals surface area contributed by atoms with Gasteiger partial charge in [-0.1, -0.05) is 11.6 Å². The van der Waals surface area contributed by atoms with Crippen LogP contribution < -0.4 is 10.6 Å². The van der Waals surface area contributed by atoms with Crippen molar-refractivity contribution in [2.45, 2.75) is 57.7 Å². The molecule has 23 heavy (non-hydrogen) atoms. The molecule has 0 aliphatic carbocycles. The van der Waals surface area contributed by atoms with Gasteiger partial charge in [0.05, 0.1) is 5.52 Å². The van der Waals surface area contributed by atoms with E-state index >= 15 is 0 Å². The lowest BCUT2D eigenvalue weighted by molar-refractivity contribution is 0.0870. The number of nitrogens with one attached hydrogen (secondary N) is 3. The van der Waals surface area contributed by atoms with Gasteiger partial charge in [0.15, 0.2) is 5.69 Å². The summed E-state index contributed by atoms with van der Waals surface area (Å²) < 4.78 is 0. The second-order valence-corrected chi connectivity index (χ2v) is 8.17. The molecule has 1 amide bonds. The third kappa shape index (κ3) is 3.51. The van der Waals surface area contributed by atoms with Crippen LogP contribution in [0.3, 0.4) is 0 Å². The van der Waals surface area contributed by atoms with Crippen molar-refractivity contribution in [2.75, 3.05) is 0 Å². The fourth-order valence-corrected chi connectivity index (χ4v) is 4.01. The standard InChI is InChI=1S/C17H23ClN4O/c1-16(2)8-11(9-17(3,4)22-16)19-15(23)14-12-7-10(18)5-6-13(12)20-21-14/h5-7,11,22H,8-9H2,1-4H3,(H,19,23)(H,20,21). The maximum absolute atomic E-state index is 12.7. The van der Waals surface area contributed by atoms with Crippen molar-refractivity contribution in [3.8, 4) is 0 Å². The first-order valence-electron chi connectivity index (χ1n) is 7.89. The number of carbonyl (C=O) groups is 1. The monoisotopic (exact) mass is 334 g/mol. The molecule has 1 fully saturated rings. The lowest BCUT2D eigenvalue weighted by Gasteiger charge is -2.46. The highest BCUT2D eigenvalue weighted by atomic mass is 35.5. The van der Waals surface area contributed by atoms with Crippen molar-refractivity contribution < 1.29 is 4.79 Å². The van der Waals surface area contributed by atoms with Crippen LogP contribution in [0.2, 0.25) is 5.02 Å². The van der Waals surface area contributed by atoms with Gasteiger partial charge in [0.1, 0.15) is 0 Å². The topological polar surface area (TPSA) is 69.8 Å². The van der Waals surface area contributed by atoms with Crippen molar-refractivity contribution >= 4 is 28.4 Å². The van der Waals surface area contributed by atoms with Gasteiger partial charge in [-0.25, -0.2) is 0 Å². The van der Waals surface area contributed by atoms with E-state index in [1.54, 1.807) is 12.1 Å². The summed E-state index contributed by atoms with van der Waals surface area (Å²) in [5, 5.41) is 15.2. The van der Waals surface area contributed by atoms with E-state index < -0.39 is 0 Å². The zero-order valence-electron chi connectivity index (χ0n) is 14.0. The van der Waals surface area contributed by atoms with Crippen LogP contribution in [0.15, 0.2) is 18.2 Å². The molecule has 3 rings (SSSR count). The van der Waals surface area contributed by atoms with Gasteiger partial charge in [-0.15, -0.1) is 0 Å².